The molecule has 0 aliphatic carbocycles. The topological polar surface area (TPSA) is 47.0 Å². The van der Waals surface area contributed by atoms with Crippen molar-refractivity contribution >= 4 is 0 Å². The van der Waals surface area contributed by atoms with Crippen LogP contribution < -0.4 is 5.32 Å². The molecule has 0 aliphatic rings. The molecule has 0 amide bonds. The van der Waals surface area contributed by atoms with Gasteiger partial charge in [-0.3, -0.25) is 0 Å². The maximum atomic E-state index is 12.9. The zero-order chi connectivity index (χ0) is 13.5. The molecule has 0 radical (unpaired) electrons. The number of nitrogens with zero attached hydrogens (tertiary/aromatic N) is 2. The number of hydrogen-bond acceptors (Lipinski definition) is 4. The van der Waals surface area contributed by atoms with Crippen molar-refractivity contribution in [2.75, 3.05) is 13.7 Å². The highest BCUT2D eigenvalue weighted by atomic mass is 19.3. The van der Waals surface area contributed by atoms with Crippen LogP contribution in [0.3, 0.4) is 0 Å². The number of ether oxygens (including phenoxy) is 1. The largest absolute Gasteiger partial charge is 0.381 e. The molecule has 6 heteroatoms. The average molecular weight is 259 g/mol. The quantitative estimate of drug-likeness (QED) is 0.814. The van der Waals surface area contributed by atoms with Crippen LogP contribution in [0.5, 0.6) is 0 Å². The lowest BCUT2D eigenvalue weighted by Gasteiger charge is -2.12. The fourth-order valence-corrected chi connectivity index (χ4v) is 1.48. The molecule has 0 saturated heterocycles. The van der Waals surface area contributed by atoms with Crippen molar-refractivity contribution in [3.63, 3.8) is 0 Å². The van der Waals surface area contributed by atoms with Gasteiger partial charge in [0.15, 0.2) is 0 Å². The Morgan fingerprint density at radius 3 is 2.72 bits per heavy atom. The van der Waals surface area contributed by atoms with Gasteiger partial charge in [-0.1, -0.05) is 6.92 Å². The van der Waals surface area contributed by atoms with E-state index < -0.39 is 6.43 Å². The zero-order valence-corrected chi connectivity index (χ0v) is 10.9. The summed E-state index contributed by atoms with van der Waals surface area (Å²) in [6, 6.07) is 0. The summed E-state index contributed by atoms with van der Waals surface area (Å²) in [7, 11) is 1.57. The molecular formula is C12H19F2N3O. The van der Waals surface area contributed by atoms with Crippen LogP contribution in [0.2, 0.25) is 0 Å². The van der Waals surface area contributed by atoms with Gasteiger partial charge in [-0.15, -0.1) is 0 Å². The molecule has 1 aromatic rings. The van der Waals surface area contributed by atoms with Gasteiger partial charge in [0.1, 0.15) is 11.5 Å². The predicted molar refractivity (Wildman–Crippen MR) is 64.5 cm³/mol. The van der Waals surface area contributed by atoms with Gasteiger partial charge >= 0.3 is 0 Å². The van der Waals surface area contributed by atoms with E-state index in [1.165, 1.54) is 6.20 Å². The first-order valence-corrected chi connectivity index (χ1v) is 5.94. The summed E-state index contributed by atoms with van der Waals surface area (Å²) in [6.45, 7) is 4.83. The Morgan fingerprint density at radius 1 is 1.44 bits per heavy atom. The van der Waals surface area contributed by atoms with Crippen LogP contribution in [0.25, 0.3) is 0 Å². The molecule has 1 atom stereocenters. The first-order valence-electron chi connectivity index (χ1n) is 5.94. The van der Waals surface area contributed by atoms with E-state index in [1.54, 1.807) is 7.11 Å². The molecule has 0 bridgehead atoms. The Balaban J connectivity index is 2.88. The van der Waals surface area contributed by atoms with Crippen LogP contribution in [-0.4, -0.2) is 29.7 Å². The Labute approximate surface area is 106 Å². The molecule has 0 spiro atoms. The third kappa shape index (κ3) is 4.27. The Hall–Kier alpha value is -1.14. The second-order valence-corrected chi connectivity index (χ2v) is 4.03. The van der Waals surface area contributed by atoms with E-state index in [-0.39, 0.29) is 11.8 Å². The summed E-state index contributed by atoms with van der Waals surface area (Å²) in [5.74, 6) is 0.389. The standard InChI is InChI=1S/C12H19F2N3O/c1-4-15-6-9-7-16-10(5-8(2)18-3)17-11(9)12(13)14/h7-8,12,15H,4-6H2,1-3H3. The molecule has 1 unspecified atom stereocenters. The van der Waals surface area contributed by atoms with Crippen molar-refractivity contribution in [1.29, 1.82) is 0 Å². The zero-order valence-electron chi connectivity index (χ0n) is 10.9. The van der Waals surface area contributed by atoms with Crippen LogP contribution in [-0.2, 0) is 17.7 Å². The molecule has 0 saturated carbocycles. The molecule has 1 rings (SSSR count). The Bertz CT molecular complexity index is 374. The van der Waals surface area contributed by atoms with Gasteiger partial charge in [-0.2, -0.15) is 0 Å². The lowest BCUT2D eigenvalue weighted by Crippen LogP contribution is -2.17. The molecule has 4 nitrogen and oxygen atoms in total. The van der Waals surface area contributed by atoms with E-state index >= 15 is 0 Å². The van der Waals surface area contributed by atoms with Gasteiger partial charge in [0.05, 0.1) is 6.10 Å². The second-order valence-electron chi connectivity index (χ2n) is 4.03. The number of hydrogen-bond donors (Lipinski definition) is 1. The minimum atomic E-state index is -2.58. The molecule has 102 valence electrons. The molecule has 1 aromatic heterocycles. The minimum Gasteiger partial charge on any atom is -0.381 e. The normalized spacial score (nSPS) is 13.0. The first kappa shape index (κ1) is 14.9. The maximum absolute atomic E-state index is 12.9. The highest BCUT2D eigenvalue weighted by molar-refractivity contribution is 5.19. The average Bonchev–Trinajstić information content (AvgIpc) is 2.36. The van der Waals surface area contributed by atoms with E-state index in [2.05, 4.69) is 15.3 Å². The summed E-state index contributed by atoms with van der Waals surface area (Å²) in [5, 5.41) is 2.99. The molecule has 0 fully saturated rings. The van der Waals surface area contributed by atoms with Crippen LogP contribution >= 0.6 is 0 Å². The number of nitrogens with one attached hydrogen (secondary N) is 1. The SMILES string of the molecule is CCNCc1cnc(CC(C)OC)nc1C(F)F. The highest BCUT2D eigenvalue weighted by Crippen LogP contribution is 2.20. The van der Waals surface area contributed by atoms with Crippen molar-refractivity contribution in [3.05, 3.63) is 23.3 Å². The van der Waals surface area contributed by atoms with Crippen LogP contribution in [0, 0.1) is 0 Å². The summed E-state index contributed by atoms with van der Waals surface area (Å²) < 4.78 is 30.9. The van der Waals surface area contributed by atoms with Crippen molar-refractivity contribution in [1.82, 2.24) is 15.3 Å². The molecule has 1 N–H and O–H groups in total. The molecule has 18 heavy (non-hydrogen) atoms. The third-order valence-corrected chi connectivity index (χ3v) is 2.59. The first-order chi connectivity index (χ1) is 8.58. The van der Waals surface area contributed by atoms with E-state index in [4.69, 9.17) is 4.74 Å². The highest BCUT2D eigenvalue weighted by Gasteiger charge is 2.17. The molecule has 0 aliphatic heterocycles. The van der Waals surface area contributed by atoms with E-state index in [0.717, 1.165) is 0 Å². The van der Waals surface area contributed by atoms with Gasteiger partial charge in [-0.05, 0) is 13.5 Å². The van der Waals surface area contributed by atoms with Crippen LogP contribution in [0.4, 0.5) is 8.78 Å². The van der Waals surface area contributed by atoms with Crippen LogP contribution in [0.15, 0.2) is 6.20 Å². The van der Waals surface area contributed by atoms with Gasteiger partial charge in [0, 0.05) is 31.8 Å². The summed E-state index contributed by atoms with van der Waals surface area (Å²) in [6.07, 6.45) is -0.777. The number of alkyl halides is 2. The van der Waals surface area contributed by atoms with E-state index in [0.29, 0.717) is 30.9 Å². The summed E-state index contributed by atoms with van der Waals surface area (Å²) in [5.41, 5.74) is 0.255. The second kappa shape index (κ2) is 7.33. The van der Waals surface area contributed by atoms with Gasteiger partial charge in [-0.25, -0.2) is 18.7 Å². The number of halogens is 2. The van der Waals surface area contributed by atoms with Crippen molar-refractivity contribution < 1.29 is 13.5 Å². The number of aromatic nitrogens is 2. The van der Waals surface area contributed by atoms with Crippen molar-refractivity contribution in [2.24, 2.45) is 0 Å². The molecular weight excluding hydrogens is 240 g/mol. The lowest BCUT2D eigenvalue weighted by molar-refractivity contribution is 0.115. The van der Waals surface area contributed by atoms with E-state index in [1.807, 2.05) is 13.8 Å². The van der Waals surface area contributed by atoms with Gasteiger partial charge in [0.2, 0.25) is 0 Å². The van der Waals surface area contributed by atoms with Crippen LogP contribution in [0.1, 0.15) is 37.4 Å². The van der Waals surface area contributed by atoms with Crippen molar-refractivity contribution in [2.45, 2.75) is 39.3 Å². The predicted octanol–water partition coefficient (Wildman–Crippen LogP) is 2.10. The van der Waals surface area contributed by atoms with Gasteiger partial charge < -0.3 is 10.1 Å². The summed E-state index contributed by atoms with van der Waals surface area (Å²) in [4.78, 5) is 8.03. The fourth-order valence-electron chi connectivity index (χ4n) is 1.48. The lowest BCUT2D eigenvalue weighted by atomic mass is 10.2. The summed E-state index contributed by atoms with van der Waals surface area (Å²) >= 11 is 0. The van der Waals surface area contributed by atoms with E-state index in [9.17, 15) is 8.78 Å². The number of methoxy groups -OCH3 is 1. The maximum Gasteiger partial charge on any atom is 0.280 e. The molecule has 0 aromatic carbocycles. The molecule has 1 heterocycles. The number of rotatable bonds is 7. The third-order valence-electron chi connectivity index (χ3n) is 2.59. The minimum absolute atomic E-state index is 0.0878. The van der Waals surface area contributed by atoms with Crippen molar-refractivity contribution in [3.8, 4) is 0 Å². The Kier molecular flexibility index (Phi) is 6.07. The van der Waals surface area contributed by atoms with Gasteiger partial charge in [0.25, 0.3) is 6.43 Å². The fraction of sp³-hybridized carbons (Fsp3) is 0.667. The monoisotopic (exact) mass is 259 g/mol. The smallest absolute Gasteiger partial charge is 0.280 e. The Morgan fingerprint density at radius 2 is 2.17 bits per heavy atom.